The molecule has 2 aromatic carbocycles. The first-order valence-corrected chi connectivity index (χ1v) is 12.8. The number of sulfonamides is 1. The Kier molecular flexibility index (Phi) is 8.52. The topological polar surface area (TPSA) is 72.5 Å². The molecule has 0 radical (unpaired) electrons. The number of hydrogen-bond donors (Lipinski definition) is 1. The molecule has 1 N–H and O–H groups in total. The number of carbonyl (C=O) groups is 1. The molecule has 1 unspecified atom stereocenters. The van der Waals surface area contributed by atoms with Crippen LogP contribution in [-0.2, 0) is 26.0 Å². The van der Waals surface area contributed by atoms with Gasteiger partial charge in [-0.15, -0.1) is 0 Å². The molecule has 0 amide bonds. The predicted octanol–water partition coefficient (Wildman–Crippen LogP) is 5.44. The Labute approximate surface area is 190 Å². The van der Waals surface area contributed by atoms with Crippen LogP contribution in [0.2, 0.25) is 5.02 Å². The molecule has 0 bridgehead atoms. The van der Waals surface area contributed by atoms with Gasteiger partial charge in [-0.1, -0.05) is 48.7 Å². The molecule has 168 valence electrons. The zero-order valence-electron chi connectivity index (χ0n) is 17.8. The van der Waals surface area contributed by atoms with Crippen molar-refractivity contribution in [3.05, 3.63) is 64.7 Å². The lowest BCUT2D eigenvalue weighted by atomic mass is 9.91. The normalized spacial score (nSPS) is 15.7. The second-order valence-electron chi connectivity index (χ2n) is 8.00. The van der Waals surface area contributed by atoms with Crippen LogP contribution in [-0.4, -0.2) is 21.0 Å². The molecule has 1 aliphatic rings. The summed E-state index contributed by atoms with van der Waals surface area (Å²) in [4.78, 5) is 11.7. The fourth-order valence-electron chi connectivity index (χ4n) is 4.14. The molecule has 0 aliphatic heterocycles. The molecule has 2 aromatic rings. The highest BCUT2D eigenvalue weighted by atomic mass is 35.5. The Bertz CT molecular complexity index is 952. The lowest BCUT2D eigenvalue weighted by molar-refractivity contribution is -0.143. The van der Waals surface area contributed by atoms with Crippen LogP contribution in [0.25, 0.3) is 0 Å². The average Bonchev–Trinajstić information content (AvgIpc) is 3.28. The van der Waals surface area contributed by atoms with Crippen molar-refractivity contribution >= 4 is 27.6 Å². The maximum atomic E-state index is 13.0. The molecule has 0 spiro atoms. The van der Waals surface area contributed by atoms with E-state index in [1.807, 2.05) is 24.3 Å². The van der Waals surface area contributed by atoms with Crippen molar-refractivity contribution < 1.29 is 17.9 Å². The Hall–Kier alpha value is -1.89. The maximum Gasteiger partial charge on any atom is 0.305 e. The van der Waals surface area contributed by atoms with Gasteiger partial charge in [-0.3, -0.25) is 4.79 Å². The van der Waals surface area contributed by atoms with Crippen molar-refractivity contribution in [2.75, 3.05) is 6.61 Å². The van der Waals surface area contributed by atoms with Crippen LogP contribution >= 0.6 is 11.6 Å². The Morgan fingerprint density at radius 3 is 2.35 bits per heavy atom. The molecule has 1 aliphatic carbocycles. The largest absolute Gasteiger partial charge is 0.466 e. The molecular weight excluding hydrogens is 434 g/mol. The van der Waals surface area contributed by atoms with E-state index >= 15 is 0 Å². The quantitative estimate of drug-likeness (QED) is 0.476. The summed E-state index contributed by atoms with van der Waals surface area (Å²) >= 11 is 5.91. The third-order valence-corrected chi connectivity index (χ3v) is 7.48. The van der Waals surface area contributed by atoms with Crippen LogP contribution in [0.15, 0.2) is 53.4 Å². The number of ether oxygens (including phenoxy) is 1. The second-order valence-corrected chi connectivity index (χ2v) is 10.1. The summed E-state index contributed by atoms with van der Waals surface area (Å²) in [5, 5.41) is 0.504. The average molecular weight is 464 g/mol. The number of nitrogens with one attached hydrogen (secondary N) is 1. The van der Waals surface area contributed by atoms with Crippen molar-refractivity contribution in [1.29, 1.82) is 0 Å². The van der Waals surface area contributed by atoms with Crippen LogP contribution in [0.3, 0.4) is 0 Å². The summed E-state index contributed by atoms with van der Waals surface area (Å²) in [6.45, 7) is 2.21. The van der Waals surface area contributed by atoms with Crippen LogP contribution in [0.5, 0.6) is 0 Å². The van der Waals surface area contributed by atoms with Gasteiger partial charge in [0.15, 0.2) is 0 Å². The zero-order valence-corrected chi connectivity index (χ0v) is 19.4. The van der Waals surface area contributed by atoms with Gasteiger partial charge in [-0.05, 0) is 73.9 Å². The summed E-state index contributed by atoms with van der Waals surface area (Å²) in [6, 6.07) is 14.0. The van der Waals surface area contributed by atoms with Gasteiger partial charge >= 0.3 is 5.97 Å². The fourth-order valence-corrected chi connectivity index (χ4v) is 5.56. The van der Waals surface area contributed by atoms with E-state index in [4.69, 9.17) is 16.3 Å². The van der Waals surface area contributed by atoms with E-state index in [2.05, 4.69) is 4.72 Å². The Morgan fingerprint density at radius 2 is 1.74 bits per heavy atom. The maximum absolute atomic E-state index is 13.0. The molecule has 3 rings (SSSR count). The molecule has 1 saturated carbocycles. The molecule has 1 fully saturated rings. The van der Waals surface area contributed by atoms with E-state index in [1.54, 1.807) is 19.1 Å². The van der Waals surface area contributed by atoms with Crippen LogP contribution in [0, 0.1) is 5.92 Å². The minimum absolute atomic E-state index is 0.169. The molecule has 7 heteroatoms. The van der Waals surface area contributed by atoms with Gasteiger partial charge in [-0.25, -0.2) is 13.1 Å². The minimum Gasteiger partial charge on any atom is -0.466 e. The van der Waals surface area contributed by atoms with Crippen molar-refractivity contribution in [1.82, 2.24) is 4.72 Å². The van der Waals surface area contributed by atoms with Gasteiger partial charge in [0.05, 0.1) is 11.5 Å². The number of rotatable bonds is 10. The van der Waals surface area contributed by atoms with Crippen LogP contribution in [0.1, 0.15) is 62.6 Å². The number of aryl methyl sites for hydroxylation is 1. The highest BCUT2D eigenvalue weighted by Gasteiger charge is 2.30. The third kappa shape index (κ3) is 6.79. The highest BCUT2D eigenvalue weighted by Crippen LogP contribution is 2.37. The first kappa shape index (κ1) is 23.8. The van der Waals surface area contributed by atoms with Gasteiger partial charge < -0.3 is 4.74 Å². The van der Waals surface area contributed by atoms with Gasteiger partial charge in [0.1, 0.15) is 0 Å². The minimum atomic E-state index is -3.66. The summed E-state index contributed by atoms with van der Waals surface area (Å²) in [7, 11) is -3.66. The van der Waals surface area contributed by atoms with Crippen LogP contribution < -0.4 is 4.72 Å². The summed E-state index contributed by atoms with van der Waals surface area (Å²) in [5.74, 6) is 0.105. The highest BCUT2D eigenvalue weighted by molar-refractivity contribution is 7.89. The number of halogens is 1. The number of hydrogen-bond acceptors (Lipinski definition) is 4. The van der Waals surface area contributed by atoms with Crippen molar-refractivity contribution in [2.24, 2.45) is 5.92 Å². The van der Waals surface area contributed by atoms with E-state index in [9.17, 15) is 13.2 Å². The lowest BCUT2D eigenvalue weighted by Crippen LogP contribution is -2.32. The van der Waals surface area contributed by atoms with Gasteiger partial charge in [0.2, 0.25) is 10.0 Å². The molecule has 5 nitrogen and oxygen atoms in total. The number of benzene rings is 2. The van der Waals surface area contributed by atoms with E-state index in [0.29, 0.717) is 18.1 Å². The van der Waals surface area contributed by atoms with Gasteiger partial charge in [0, 0.05) is 17.5 Å². The van der Waals surface area contributed by atoms with E-state index in [1.165, 1.54) is 12.1 Å². The number of esters is 1. The summed E-state index contributed by atoms with van der Waals surface area (Å²) in [6.07, 6.45) is 6.17. The summed E-state index contributed by atoms with van der Waals surface area (Å²) < 4.78 is 33.9. The second kappa shape index (κ2) is 11.1. The standard InChI is InChI=1S/C24H30ClNO4S/c1-2-30-23(27)9-5-6-18-10-12-20(13-11-18)24(19-7-3-4-8-19)26-31(28,29)22-16-14-21(25)15-17-22/h10-17,19,24,26H,2-9H2,1H3. The number of carbonyl (C=O) groups excluding carboxylic acids is 1. The van der Waals surface area contributed by atoms with Crippen molar-refractivity contribution in [3.63, 3.8) is 0 Å². The molecular formula is C24H30ClNO4S. The van der Waals surface area contributed by atoms with Gasteiger partial charge in [0.25, 0.3) is 0 Å². The molecule has 31 heavy (non-hydrogen) atoms. The van der Waals surface area contributed by atoms with E-state index in [-0.39, 0.29) is 22.8 Å². The van der Waals surface area contributed by atoms with Crippen LogP contribution in [0.4, 0.5) is 0 Å². The summed E-state index contributed by atoms with van der Waals surface area (Å²) in [5.41, 5.74) is 2.09. The zero-order chi connectivity index (χ0) is 22.3. The molecule has 0 saturated heterocycles. The smallest absolute Gasteiger partial charge is 0.305 e. The first-order chi connectivity index (χ1) is 14.9. The third-order valence-electron chi connectivity index (χ3n) is 5.77. The SMILES string of the molecule is CCOC(=O)CCCc1ccc(C(NS(=O)(=O)c2ccc(Cl)cc2)C2CCCC2)cc1. The Morgan fingerprint density at radius 1 is 1.10 bits per heavy atom. The fraction of sp³-hybridized carbons (Fsp3) is 0.458. The van der Waals surface area contributed by atoms with E-state index < -0.39 is 10.0 Å². The van der Waals surface area contributed by atoms with Crippen molar-refractivity contribution in [3.8, 4) is 0 Å². The molecule has 0 aromatic heterocycles. The monoisotopic (exact) mass is 463 g/mol. The molecule has 1 atom stereocenters. The van der Waals surface area contributed by atoms with Gasteiger partial charge in [-0.2, -0.15) is 0 Å². The first-order valence-electron chi connectivity index (χ1n) is 10.9. The lowest BCUT2D eigenvalue weighted by Gasteiger charge is -2.25. The van der Waals surface area contributed by atoms with Crippen molar-refractivity contribution in [2.45, 2.75) is 62.8 Å². The predicted molar refractivity (Wildman–Crippen MR) is 122 cm³/mol. The molecule has 0 heterocycles. The Balaban J connectivity index is 1.72. The van der Waals surface area contributed by atoms with E-state index in [0.717, 1.165) is 49.7 Å².